The molecule has 49 heavy (non-hydrogen) atoms. The van der Waals surface area contributed by atoms with Crippen molar-refractivity contribution >= 4 is 12.0 Å². The van der Waals surface area contributed by atoms with Crippen LogP contribution in [-0.4, -0.2) is 187 Å². The van der Waals surface area contributed by atoms with E-state index in [2.05, 4.69) is 25.4 Å². The van der Waals surface area contributed by atoms with Gasteiger partial charge in [-0.05, 0) is 11.1 Å². The lowest BCUT2D eigenvalue weighted by Crippen LogP contribution is -2.37. The van der Waals surface area contributed by atoms with Crippen molar-refractivity contribution in [2.24, 2.45) is 10.2 Å². The number of carbonyl (C=O) groups is 2. The maximum absolute atomic E-state index is 12.9. The van der Waals surface area contributed by atoms with E-state index in [1.807, 2.05) is 0 Å². The Morgan fingerprint density at radius 2 is 0.837 bits per heavy atom. The van der Waals surface area contributed by atoms with Gasteiger partial charge in [-0.3, -0.25) is 4.79 Å². The molecule has 0 saturated heterocycles. The molecule has 0 spiro atoms. The highest BCUT2D eigenvalue weighted by Crippen LogP contribution is 1.98. The zero-order valence-electron chi connectivity index (χ0n) is 28.4. The molecule has 0 aromatic rings. The summed E-state index contributed by atoms with van der Waals surface area (Å²) >= 11 is 0. The van der Waals surface area contributed by atoms with Crippen LogP contribution in [0.1, 0.15) is 6.42 Å². The highest BCUT2D eigenvalue weighted by molar-refractivity contribution is 5.76. The lowest BCUT2D eigenvalue weighted by Gasteiger charge is -2.23. The normalized spacial score (nSPS) is 10.8. The van der Waals surface area contributed by atoms with Crippen molar-refractivity contribution in [1.29, 1.82) is 0 Å². The summed E-state index contributed by atoms with van der Waals surface area (Å²) in [5.74, 6) is -0.0919. The second-order valence-corrected chi connectivity index (χ2v) is 9.40. The largest absolute Gasteiger partial charge is 0.465 e. The highest BCUT2D eigenvalue weighted by atomic mass is 16.6. The number of hydrogen-bond donors (Lipinski definition) is 2. The van der Waals surface area contributed by atoms with Gasteiger partial charge in [0.25, 0.3) is 0 Å². The summed E-state index contributed by atoms with van der Waals surface area (Å²) in [4.78, 5) is 30.2. The molecule has 0 aromatic heterocycles. The molecule has 0 rings (SSSR count). The van der Waals surface area contributed by atoms with Crippen LogP contribution in [0.5, 0.6) is 0 Å². The Balaban J connectivity index is 4.07. The fourth-order valence-corrected chi connectivity index (χ4v) is 3.40. The number of carboxylic acid groups (broad SMARTS) is 1. The second-order valence-electron chi connectivity index (χ2n) is 9.40. The van der Waals surface area contributed by atoms with Crippen molar-refractivity contribution in [3.8, 4) is 0 Å². The van der Waals surface area contributed by atoms with E-state index < -0.39 is 6.09 Å². The van der Waals surface area contributed by atoms with E-state index in [0.717, 1.165) is 0 Å². The van der Waals surface area contributed by atoms with Gasteiger partial charge in [-0.25, -0.2) is 4.79 Å². The molecule has 0 aliphatic heterocycles. The third kappa shape index (κ3) is 37.6. The van der Waals surface area contributed by atoms with Crippen LogP contribution in [0.4, 0.5) is 4.79 Å². The Morgan fingerprint density at radius 3 is 1.20 bits per heavy atom. The monoisotopic (exact) mass is 710 g/mol. The van der Waals surface area contributed by atoms with Crippen LogP contribution in [0.3, 0.4) is 0 Å². The molecule has 0 unspecified atom stereocenters. The molecule has 0 radical (unpaired) electrons. The Morgan fingerprint density at radius 1 is 0.510 bits per heavy atom. The SMILES string of the molecule is [N-]=[N+]=NCCOCCOCCOCCN(CCOCCOCCOCCN=[N+]=[N-])C(=O)CCOCCOCCOCCOCCNC(=O)O. The van der Waals surface area contributed by atoms with Gasteiger partial charge >= 0.3 is 6.09 Å². The highest BCUT2D eigenvalue weighted by Gasteiger charge is 2.13. The first-order chi connectivity index (χ1) is 24.1. The Hall–Kier alpha value is -3.04. The van der Waals surface area contributed by atoms with Crippen LogP contribution in [0.25, 0.3) is 20.9 Å². The summed E-state index contributed by atoms with van der Waals surface area (Å²) in [7, 11) is 0. The molecule has 0 aromatic carbocycles. The van der Waals surface area contributed by atoms with E-state index in [4.69, 9.17) is 63.5 Å². The van der Waals surface area contributed by atoms with Gasteiger partial charge < -0.3 is 62.7 Å². The summed E-state index contributed by atoms with van der Waals surface area (Å²) in [6.07, 6.45) is -0.896. The lowest BCUT2D eigenvalue weighted by molar-refractivity contribution is -0.134. The summed E-state index contributed by atoms with van der Waals surface area (Å²) in [5.41, 5.74) is 16.4. The number of nitrogens with zero attached hydrogens (tertiary/aromatic N) is 7. The first kappa shape index (κ1) is 46.0. The average molecular weight is 711 g/mol. The van der Waals surface area contributed by atoms with Crippen molar-refractivity contribution in [2.45, 2.75) is 6.42 Å². The van der Waals surface area contributed by atoms with Crippen molar-refractivity contribution in [3.05, 3.63) is 20.9 Å². The molecule has 0 heterocycles. The molecule has 0 saturated carbocycles. The molecule has 0 atom stereocenters. The molecule has 0 bridgehead atoms. The Bertz CT molecular complexity index is 828. The number of carbonyl (C=O) groups excluding carboxylic acids is 1. The summed E-state index contributed by atoms with van der Waals surface area (Å²) < 4.78 is 54.2. The van der Waals surface area contributed by atoms with Gasteiger partial charge in [-0.1, -0.05) is 10.2 Å². The van der Waals surface area contributed by atoms with Crippen LogP contribution in [0.2, 0.25) is 0 Å². The van der Waals surface area contributed by atoms with Gasteiger partial charge in [0, 0.05) is 42.5 Å². The van der Waals surface area contributed by atoms with Gasteiger partial charge in [0.2, 0.25) is 5.91 Å². The quantitative estimate of drug-likeness (QED) is 0.0394. The zero-order valence-corrected chi connectivity index (χ0v) is 28.4. The average Bonchev–Trinajstić information content (AvgIpc) is 3.09. The van der Waals surface area contributed by atoms with Gasteiger partial charge in [-0.15, -0.1) is 0 Å². The number of rotatable bonds is 39. The number of nitrogens with one attached hydrogen (secondary N) is 1. The van der Waals surface area contributed by atoms with E-state index in [1.54, 1.807) is 4.90 Å². The molecule has 0 aliphatic rings. The van der Waals surface area contributed by atoms with Gasteiger partial charge in [0.1, 0.15) is 0 Å². The number of amides is 2. The predicted molar refractivity (Wildman–Crippen MR) is 173 cm³/mol. The summed E-state index contributed by atoms with van der Waals surface area (Å²) in [6.45, 7) is 8.58. The molecule has 21 nitrogen and oxygen atoms in total. The minimum Gasteiger partial charge on any atom is -0.465 e. The summed E-state index contributed by atoms with van der Waals surface area (Å²) in [5, 5.41) is 17.4. The number of ether oxygens (including phenoxy) is 10. The van der Waals surface area contributed by atoms with E-state index >= 15 is 0 Å². The molecule has 21 heteroatoms. The molecule has 284 valence electrons. The van der Waals surface area contributed by atoms with Gasteiger partial charge in [0.05, 0.1) is 139 Å². The van der Waals surface area contributed by atoms with E-state index in [-0.39, 0.29) is 45.2 Å². The first-order valence-corrected chi connectivity index (χ1v) is 16.2. The van der Waals surface area contributed by atoms with Crippen molar-refractivity contribution in [2.75, 3.05) is 165 Å². The Kier molecular flexibility index (Phi) is 37.0. The molecule has 0 fully saturated rings. The van der Waals surface area contributed by atoms with Crippen molar-refractivity contribution < 1.29 is 62.1 Å². The third-order valence-electron chi connectivity index (χ3n) is 5.75. The predicted octanol–water partition coefficient (Wildman–Crippen LogP) is 1.26. The van der Waals surface area contributed by atoms with Gasteiger partial charge in [0.15, 0.2) is 0 Å². The lowest BCUT2D eigenvalue weighted by atomic mass is 10.3. The van der Waals surface area contributed by atoms with Crippen LogP contribution in [-0.2, 0) is 52.2 Å². The smallest absolute Gasteiger partial charge is 0.404 e. The standard InChI is InChI=1S/C28H54N8O13/c29-34-32-3-9-42-15-21-47-23-17-44-11-5-36(6-12-45-18-24-48-22-16-43-10-4-33-35-30)27(37)1-7-40-13-19-46-25-26-49-20-14-41-8-2-31-28(38)39/h31H,1-26H2,(H,38,39). The third-order valence-corrected chi connectivity index (χ3v) is 5.75. The van der Waals surface area contributed by atoms with Crippen LogP contribution < -0.4 is 5.32 Å². The molecular formula is C28H54N8O13. The maximum Gasteiger partial charge on any atom is 0.404 e. The van der Waals surface area contributed by atoms with Crippen molar-refractivity contribution in [3.63, 3.8) is 0 Å². The van der Waals surface area contributed by atoms with E-state index in [1.165, 1.54) is 0 Å². The fourth-order valence-electron chi connectivity index (χ4n) is 3.40. The van der Waals surface area contributed by atoms with E-state index in [0.29, 0.717) is 132 Å². The van der Waals surface area contributed by atoms with E-state index in [9.17, 15) is 9.59 Å². The maximum atomic E-state index is 12.9. The number of hydrogen-bond acceptors (Lipinski definition) is 14. The fraction of sp³-hybridized carbons (Fsp3) is 0.929. The molecule has 2 amide bonds. The molecule has 2 N–H and O–H groups in total. The topological polar surface area (TPSA) is 259 Å². The van der Waals surface area contributed by atoms with Crippen LogP contribution >= 0.6 is 0 Å². The van der Waals surface area contributed by atoms with Crippen LogP contribution in [0, 0.1) is 0 Å². The van der Waals surface area contributed by atoms with Crippen LogP contribution in [0.15, 0.2) is 10.2 Å². The minimum absolute atomic E-state index is 0.0919. The number of azide groups is 2. The molecular weight excluding hydrogens is 656 g/mol. The summed E-state index contributed by atoms with van der Waals surface area (Å²) in [6, 6.07) is 0. The second kappa shape index (κ2) is 39.4. The molecule has 0 aliphatic carbocycles. The Labute approximate surface area is 286 Å². The zero-order chi connectivity index (χ0) is 35.7. The minimum atomic E-state index is -1.09. The van der Waals surface area contributed by atoms with Gasteiger partial charge in [-0.2, -0.15) is 0 Å². The van der Waals surface area contributed by atoms with Crippen molar-refractivity contribution in [1.82, 2.24) is 10.2 Å². The first-order valence-electron chi connectivity index (χ1n) is 16.2.